The summed E-state index contributed by atoms with van der Waals surface area (Å²) in [5.41, 5.74) is 0.656. The fraction of sp³-hybridized carbons (Fsp3) is 1.00. The first-order valence-electron chi connectivity index (χ1n) is 8.78. The molecule has 0 saturated heterocycles. The van der Waals surface area contributed by atoms with E-state index in [1.165, 1.54) is 19.3 Å². The first kappa shape index (κ1) is 19.0. The van der Waals surface area contributed by atoms with Crippen LogP contribution in [0.4, 0.5) is 0 Å². The van der Waals surface area contributed by atoms with Crippen molar-refractivity contribution in [3.8, 4) is 0 Å². The molecule has 0 aromatic carbocycles. The Balaban J connectivity index is 2.73. The zero-order chi connectivity index (χ0) is 16.3. The first-order chi connectivity index (χ1) is 9.54. The van der Waals surface area contributed by atoms with Gasteiger partial charge < -0.3 is 10.1 Å². The Morgan fingerprint density at radius 2 is 1.71 bits per heavy atom. The van der Waals surface area contributed by atoms with Crippen molar-refractivity contribution in [2.45, 2.75) is 73.3 Å². The maximum absolute atomic E-state index is 5.45. The molecule has 1 rings (SSSR count). The highest BCUT2D eigenvalue weighted by Gasteiger charge is 2.38. The van der Waals surface area contributed by atoms with Crippen LogP contribution >= 0.6 is 0 Å². The molecule has 1 N–H and O–H groups in total. The van der Waals surface area contributed by atoms with Crippen molar-refractivity contribution in [1.82, 2.24) is 5.32 Å². The van der Waals surface area contributed by atoms with Crippen LogP contribution in [0.15, 0.2) is 0 Å². The van der Waals surface area contributed by atoms with Gasteiger partial charge in [-0.1, -0.05) is 27.7 Å². The number of hydrogen-bond donors (Lipinski definition) is 1. The Morgan fingerprint density at radius 3 is 2.19 bits per heavy atom. The van der Waals surface area contributed by atoms with Crippen LogP contribution in [0.25, 0.3) is 0 Å². The second kappa shape index (κ2) is 7.46. The zero-order valence-corrected chi connectivity index (χ0v) is 15.8. The molecule has 0 bridgehead atoms. The van der Waals surface area contributed by atoms with Crippen LogP contribution in [0.3, 0.4) is 0 Å². The number of rotatable bonds is 5. The van der Waals surface area contributed by atoms with Crippen molar-refractivity contribution in [3.63, 3.8) is 0 Å². The van der Waals surface area contributed by atoms with Crippen LogP contribution in [0, 0.1) is 29.1 Å². The smallest absolute Gasteiger partial charge is 0.0490 e. The molecule has 4 unspecified atom stereocenters. The van der Waals surface area contributed by atoms with Gasteiger partial charge in [0.25, 0.3) is 0 Å². The lowest BCUT2D eigenvalue weighted by Crippen LogP contribution is -2.45. The van der Waals surface area contributed by atoms with E-state index in [9.17, 15) is 0 Å². The van der Waals surface area contributed by atoms with Gasteiger partial charge in [-0.3, -0.25) is 0 Å². The molecule has 2 nitrogen and oxygen atoms in total. The third-order valence-corrected chi connectivity index (χ3v) is 5.33. The Labute approximate surface area is 133 Å². The van der Waals surface area contributed by atoms with Crippen molar-refractivity contribution >= 4 is 0 Å². The molecule has 0 amide bonds. The van der Waals surface area contributed by atoms with E-state index in [4.69, 9.17) is 4.74 Å². The Hall–Kier alpha value is -0.0800. The average molecular weight is 298 g/mol. The topological polar surface area (TPSA) is 21.3 Å². The molecule has 1 saturated carbocycles. The van der Waals surface area contributed by atoms with Gasteiger partial charge in [-0.25, -0.2) is 0 Å². The minimum absolute atomic E-state index is 0.218. The fourth-order valence-corrected chi connectivity index (χ4v) is 3.83. The first-order valence-corrected chi connectivity index (χ1v) is 8.78. The van der Waals surface area contributed by atoms with Crippen LogP contribution in [0.5, 0.6) is 0 Å². The van der Waals surface area contributed by atoms with Crippen molar-refractivity contribution in [2.24, 2.45) is 29.1 Å². The maximum Gasteiger partial charge on any atom is 0.0490 e. The van der Waals surface area contributed by atoms with Crippen molar-refractivity contribution < 1.29 is 4.74 Å². The summed E-state index contributed by atoms with van der Waals surface area (Å²) in [6.07, 6.45) is 4.12. The van der Waals surface area contributed by atoms with Gasteiger partial charge in [0, 0.05) is 19.3 Å². The Kier molecular flexibility index (Phi) is 6.74. The van der Waals surface area contributed by atoms with E-state index < -0.39 is 0 Å². The van der Waals surface area contributed by atoms with E-state index in [-0.39, 0.29) is 5.54 Å². The predicted octanol–water partition coefficient (Wildman–Crippen LogP) is 4.74. The van der Waals surface area contributed by atoms with Crippen molar-refractivity contribution in [3.05, 3.63) is 0 Å². The summed E-state index contributed by atoms with van der Waals surface area (Å²) in [6.45, 7) is 18.4. The van der Waals surface area contributed by atoms with Gasteiger partial charge in [0.2, 0.25) is 0 Å². The molecule has 0 heterocycles. The normalized spacial score (nSPS) is 29.4. The summed E-state index contributed by atoms with van der Waals surface area (Å²) >= 11 is 0. The van der Waals surface area contributed by atoms with Crippen molar-refractivity contribution in [2.75, 3.05) is 20.3 Å². The highest BCUT2D eigenvalue weighted by molar-refractivity contribution is 4.89. The van der Waals surface area contributed by atoms with Gasteiger partial charge in [0.15, 0.2) is 0 Å². The largest absolute Gasteiger partial charge is 0.384 e. The number of hydrogen-bond acceptors (Lipinski definition) is 2. The quantitative estimate of drug-likeness (QED) is 0.791. The summed E-state index contributed by atoms with van der Waals surface area (Å²) in [5.74, 6) is 3.10. The molecule has 0 spiro atoms. The lowest BCUT2D eigenvalue weighted by molar-refractivity contribution is 0.0344. The van der Waals surface area contributed by atoms with E-state index in [1.807, 2.05) is 7.11 Å². The molecule has 1 aliphatic carbocycles. The predicted molar refractivity (Wildman–Crippen MR) is 92.6 cm³/mol. The van der Waals surface area contributed by atoms with Gasteiger partial charge in [0.05, 0.1) is 0 Å². The number of methoxy groups -OCH3 is 1. The number of ether oxygens (including phenoxy) is 1. The minimum Gasteiger partial charge on any atom is -0.384 e. The lowest BCUT2D eigenvalue weighted by Gasteiger charge is -2.44. The van der Waals surface area contributed by atoms with E-state index in [0.29, 0.717) is 11.3 Å². The Bertz CT molecular complexity index is 300. The summed E-state index contributed by atoms with van der Waals surface area (Å²) in [4.78, 5) is 0. The lowest BCUT2D eigenvalue weighted by atomic mass is 9.62. The average Bonchev–Trinajstić information content (AvgIpc) is 2.34. The van der Waals surface area contributed by atoms with Gasteiger partial charge >= 0.3 is 0 Å². The van der Waals surface area contributed by atoms with E-state index in [1.54, 1.807) is 0 Å². The Morgan fingerprint density at radius 1 is 1.10 bits per heavy atom. The molecule has 21 heavy (non-hydrogen) atoms. The molecule has 126 valence electrons. The molecule has 0 aromatic heterocycles. The summed E-state index contributed by atoms with van der Waals surface area (Å²) in [7, 11) is 1.84. The van der Waals surface area contributed by atoms with Crippen LogP contribution in [-0.2, 0) is 4.74 Å². The molecule has 1 aliphatic rings. The molecule has 2 heteroatoms. The van der Waals surface area contributed by atoms with Crippen LogP contribution in [-0.4, -0.2) is 25.8 Å². The summed E-state index contributed by atoms with van der Waals surface area (Å²) in [6, 6.07) is 0. The molecular formula is C19H39NO. The SMILES string of the molecule is COCC(C)C1CC(C(C)(C)C)CCC1CNC(C)(C)C. The third kappa shape index (κ3) is 6.28. The van der Waals surface area contributed by atoms with E-state index in [2.05, 4.69) is 53.8 Å². The van der Waals surface area contributed by atoms with Crippen LogP contribution in [0.1, 0.15) is 67.7 Å². The minimum atomic E-state index is 0.218. The second-order valence-electron chi connectivity index (χ2n) is 9.36. The molecular weight excluding hydrogens is 258 g/mol. The van der Waals surface area contributed by atoms with Gasteiger partial charge in [0.1, 0.15) is 0 Å². The summed E-state index contributed by atoms with van der Waals surface area (Å²) in [5, 5.41) is 3.73. The second-order valence-corrected chi connectivity index (χ2v) is 9.36. The van der Waals surface area contributed by atoms with Crippen LogP contribution < -0.4 is 5.32 Å². The van der Waals surface area contributed by atoms with Crippen LogP contribution in [0.2, 0.25) is 0 Å². The monoisotopic (exact) mass is 297 g/mol. The molecule has 0 aromatic rings. The van der Waals surface area contributed by atoms with Gasteiger partial charge in [-0.15, -0.1) is 0 Å². The molecule has 0 radical (unpaired) electrons. The van der Waals surface area contributed by atoms with Crippen molar-refractivity contribution in [1.29, 1.82) is 0 Å². The van der Waals surface area contributed by atoms with E-state index in [0.717, 1.165) is 30.9 Å². The molecule has 4 atom stereocenters. The number of nitrogens with one attached hydrogen (secondary N) is 1. The maximum atomic E-state index is 5.45. The molecule has 1 fully saturated rings. The standard InChI is InChI=1S/C19H39NO/c1-14(13-21-8)17-11-16(18(2,3)4)10-9-15(17)12-20-19(5,6)7/h14-17,20H,9-13H2,1-8H3. The molecule has 0 aliphatic heterocycles. The highest BCUT2D eigenvalue weighted by atomic mass is 16.5. The highest BCUT2D eigenvalue weighted by Crippen LogP contribution is 2.45. The third-order valence-electron chi connectivity index (χ3n) is 5.33. The van der Waals surface area contributed by atoms with Gasteiger partial charge in [-0.05, 0) is 75.7 Å². The summed E-state index contributed by atoms with van der Waals surface area (Å²) < 4.78 is 5.45. The van der Waals surface area contributed by atoms with E-state index >= 15 is 0 Å². The fourth-order valence-electron chi connectivity index (χ4n) is 3.83. The zero-order valence-electron chi connectivity index (χ0n) is 15.8. The van der Waals surface area contributed by atoms with Gasteiger partial charge in [-0.2, -0.15) is 0 Å².